The first-order chi connectivity index (χ1) is 16.8. The standard InChI is InChI=1S/C31H59NO3Si2/c1-25(2)35-28-23-26(3)24-31(18-15-21-33-36(10,11)29(4,5)6)27(28)17-14-19-32(31)20-16-22-34-37(12,13)30(7,8)9/h25-26H,14,16-20,22-24H2,1-13H3/t26-,31-/m1/s1. The van der Waals surface area contributed by atoms with Gasteiger partial charge in [0.2, 0.25) is 0 Å². The van der Waals surface area contributed by atoms with Crippen molar-refractivity contribution in [2.24, 2.45) is 5.92 Å². The summed E-state index contributed by atoms with van der Waals surface area (Å²) in [4.78, 5) is 2.74. The Morgan fingerprint density at radius 3 is 2.22 bits per heavy atom. The maximum absolute atomic E-state index is 6.55. The van der Waals surface area contributed by atoms with Crippen LogP contribution in [-0.4, -0.2) is 52.9 Å². The minimum absolute atomic E-state index is 0.0547. The third-order valence-electron chi connectivity index (χ3n) is 9.36. The minimum atomic E-state index is -1.90. The summed E-state index contributed by atoms with van der Waals surface area (Å²) in [5.74, 6) is 5.35. The topological polar surface area (TPSA) is 30.9 Å². The Labute approximate surface area is 232 Å². The lowest BCUT2D eigenvalue weighted by Gasteiger charge is -2.52. The van der Waals surface area contributed by atoms with Crippen molar-refractivity contribution < 1.29 is 13.6 Å². The number of hydrogen-bond donors (Lipinski definition) is 0. The van der Waals surface area contributed by atoms with E-state index < -0.39 is 16.6 Å². The van der Waals surface area contributed by atoms with Gasteiger partial charge in [-0.05, 0) is 93.8 Å². The Hall–Kier alpha value is -0.746. The summed E-state index contributed by atoms with van der Waals surface area (Å²) in [5, 5.41) is 0.403. The Balaban J connectivity index is 2.31. The van der Waals surface area contributed by atoms with Gasteiger partial charge in [-0.1, -0.05) is 54.4 Å². The van der Waals surface area contributed by atoms with Crippen molar-refractivity contribution in [1.82, 2.24) is 4.90 Å². The van der Waals surface area contributed by atoms with Gasteiger partial charge in [0.15, 0.2) is 8.32 Å². The third kappa shape index (κ3) is 8.13. The number of fused-ring (bicyclic) bond motifs is 1. The molecule has 0 aromatic carbocycles. The highest BCUT2D eigenvalue weighted by molar-refractivity contribution is 6.74. The number of ether oxygens (including phenoxy) is 1. The predicted molar refractivity (Wildman–Crippen MR) is 164 cm³/mol. The molecular weight excluding hydrogens is 491 g/mol. The monoisotopic (exact) mass is 549 g/mol. The van der Waals surface area contributed by atoms with Crippen LogP contribution in [0.3, 0.4) is 0 Å². The van der Waals surface area contributed by atoms with Gasteiger partial charge in [0.1, 0.15) is 0 Å². The molecule has 1 saturated heterocycles. The second kappa shape index (κ2) is 12.2. The molecule has 2 rings (SSSR count). The normalized spacial score (nSPS) is 24.0. The van der Waals surface area contributed by atoms with Crippen molar-refractivity contribution in [3.63, 3.8) is 0 Å². The van der Waals surface area contributed by atoms with E-state index in [2.05, 4.69) is 105 Å². The molecule has 37 heavy (non-hydrogen) atoms. The number of piperidine rings is 1. The zero-order chi connectivity index (χ0) is 28.3. The van der Waals surface area contributed by atoms with E-state index in [9.17, 15) is 0 Å². The maximum Gasteiger partial charge on any atom is 0.264 e. The Kier molecular flexibility index (Phi) is 10.7. The highest BCUT2D eigenvalue weighted by atomic mass is 28.4. The second-order valence-corrected chi connectivity index (χ2v) is 24.5. The second-order valence-electron chi connectivity index (χ2n) is 15.0. The van der Waals surface area contributed by atoms with E-state index in [1.165, 1.54) is 17.8 Å². The summed E-state index contributed by atoms with van der Waals surface area (Å²) < 4.78 is 19.3. The molecule has 0 N–H and O–H groups in total. The van der Waals surface area contributed by atoms with Gasteiger partial charge in [-0.25, -0.2) is 0 Å². The molecule has 0 radical (unpaired) electrons. The van der Waals surface area contributed by atoms with Crippen molar-refractivity contribution in [2.45, 2.75) is 149 Å². The zero-order valence-electron chi connectivity index (χ0n) is 26.7. The van der Waals surface area contributed by atoms with Gasteiger partial charge in [-0.15, -0.1) is 0 Å². The minimum Gasteiger partial charge on any atom is -0.500 e. The molecule has 0 spiro atoms. The quantitative estimate of drug-likeness (QED) is 0.163. The Morgan fingerprint density at radius 2 is 1.65 bits per heavy atom. The lowest BCUT2D eigenvalue weighted by atomic mass is 9.68. The Morgan fingerprint density at radius 1 is 1.03 bits per heavy atom. The van der Waals surface area contributed by atoms with Crippen LogP contribution in [0.15, 0.2) is 11.3 Å². The Bertz CT molecular complexity index is 854. The SMILES string of the molecule is CC(C)OC1=C2CCCN(CCCO[Si](C)(C)C(C)(C)C)[C@]2(CC#CO[Si](C)(C)C(C)(C)C)C[C@H](C)C1. The van der Waals surface area contributed by atoms with E-state index >= 15 is 0 Å². The summed E-state index contributed by atoms with van der Waals surface area (Å²) in [7, 11) is -3.63. The smallest absolute Gasteiger partial charge is 0.264 e. The molecule has 2 atom stereocenters. The first-order valence-electron chi connectivity index (χ1n) is 14.8. The van der Waals surface area contributed by atoms with Crippen LogP contribution in [0.2, 0.25) is 36.3 Å². The number of likely N-dealkylation sites (tertiary alicyclic amines) is 1. The lowest BCUT2D eigenvalue weighted by Crippen LogP contribution is -2.56. The van der Waals surface area contributed by atoms with Crippen molar-refractivity contribution in [3.05, 3.63) is 11.3 Å². The highest BCUT2D eigenvalue weighted by Crippen LogP contribution is 2.48. The average Bonchev–Trinajstić information content (AvgIpc) is 2.72. The molecule has 2 aliphatic rings. The van der Waals surface area contributed by atoms with Crippen LogP contribution >= 0.6 is 0 Å². The van der Waals surface area contributed by atoms with Crippen LogP contribution in [0, 0.1) is 17.9 Å². The van der Waals surface area contributed by atoms with Crippen molar-refractivity contribution >= 4 is 16.6 Å². The molecule has 1 fully saturated rings. The lowest BCUT2D eigenvalue weighted by molar-refractivity contribution is 0.0334. The van der Waals surface area contributed by atoms with Gasteiger partial charge >= 0.3 is 0 Å². The van der Waals surface area contributed by atoms with Crippen LogP contribution in [-0.2, 0) is 13.6 Å². The molecule has 1 aliphatic carbocycles. The molecular formula is C31H59NO3Si2. The number of hydrogen-bond acceptors (Lipinski definition) is 4. The largest absolute Gasteiger partial charge is 0.500 e. The molecule has 1 aliphatic heterocycles. The average molecular weight is 550 g/mol. The van der Waals surface area contributed by atoms with Gasteiger partial charge in [0.05, 0.1) is 23.5 Å². The first kappa shape index (κ1) is 32.5. The molecule has 1 heterocycles. The van der Waals surface area contributed by atoms with Gasteiger partial charge in [0, 0.05) is 26.0 Å². The summed E-state index contributed by atoms with van der Waals surface area (Å²) in [6.45, 7) is 32.7. The number of allylic oxidation sites excluding steroid dienone is 1. The molecule has 4 nitrogen and oxygen atoms in total. The maximum atomic E-state index is 6.55. The zero-order valence-corrected chi connectivity index (χ0v) is 28.7. The van der Waals surface area contributed by atoms with E-state index in [1.807, 2.05) is 0 Å². The molecule has 214 valence electrons. The number of nitrogens with zero attached hydrogens (tertiary/aromatic N) is 1. The van der Waals surface area contributed by atoms with E-state index in [0.717, 1.165) is 51.8 Å². The van der Waals surface area contributed by atoms with Gasteiger partial charge in [-0.2, -0.15) is 0 Å². The first-order valence-corrected chi connectivity index (χ1v) is 20.6. The van der Waals surface area contributed by atoms with Crippen LogP contribution in [0.5, 0.6) is 0 Å². The fourth-order valence-electron chi connectivity index (χ4n) is 5.14. The highest BCUT2D eigenvalue weighted by Gasteiger charge is 2.47. The van der Waals surface area contributed by atoms with E-state index in [-0.39, 0.29) is 21.7 Å². The fourth-order valence-corrected chi connectivity index (χ4v) is 6.86. The molecule has 0 aromatic heterocycles. The van der Waals surface area contributed by atoms with Crippen molar-refractivity contribution in [3.8, 4) is 12.0 Å². The number of rotatable bonds is 9. The van der Waals surface area contributed by atoms with Crippen molar-refractivity contribution in [1.29, 1.82) is 0 Å². The predicted octanol–water partition coefficient (Wildman–Crippen LogP) is 8.71. The van der Waals surface area contributed by atoms with Gasteiger partial charge in [-0.3, -0.25) is 4.90 Å². The van der Waals surface area contributed by atoms with E-state index in [0.29, 0.717) is 5.92 Å². The molecule has 0 saturated carbocycles. The summed E-state index contributed by atoms with van der Waals surface area (Å²) >= 11 is 0. The van der Waals surface area contributed by atoms with Crippen molar-refractivity contribution in [2.75, 3.05) is 19.7 Å². The fraction of sp³-hybridized carbons (Fsp3) is 0.871. The molecule has 0 amide bonds. The van der Waals surface area contributed by atoms with Gasteiger partial charge < -0.3 is 13.6 Å². The summed E-state index contributed by atoms with van der Waals surface area (Å²) in [5.41, 5.74) is 1.46. The van der Waals surface area contributed by atoms with Gasteiger partial charge in [0.25, 0.3) is 8.32 Å². The molecule has 0 unspecified atom stereocenters. The molecule has 0 bridgehead atoms. The van der Waals surface area contributed by atoms with E-state index in [1.54, 1.807) is 0 Å². The molecule has 6 heteroatoms. The van der Waals surface area contributed by atoms with Crippen LogP contribution in [0.4, 0.5) is 0 Å². The summed E-state index contributed by atoms with van der Waals surface area (Å²) in [6, 6.07) is 0. The third-order valence-corrected chi connectivity index (χ3v) is 18.1. The summed E-state index contributed by atoms with van der Waals surface area (Å²) in [6.07, 6.45) is 9.78. The van der Waals surface area contributed by atoms with Crippen LogP contribution in [0.25, 0.3) is 0 Å². The van der Waals surface area contributed by atoms with E-state index in [4.69, 9.17) is 13.6 Å². The van der Waals surface area contributed by atoms with Crippen LogP contribution < -0.4 is 0 Å². The molecule has 0 aromatic rings. The van der Waals surface area contributed by atoms with Crippen LogP contribution in [0.1, 0.15) is 101 Å².